The first-order valence-corrected chi connectivity index (χ1v) is 8.39. The van der Waals surface area contributed by atoms with Crippen LogP contribution in [0.2, 0.25) is 0 Å². The van der Waals surface area contributed by atoms with Crippen molar-refractivity contribution in [3.05, 3.63) is 5.82 Å². The summed E-state index contributed by atoms with van der Waals surface area (Å²) in [7, 11) is 0. The Bertz CT molecular complexity index is 397. The van der Waals surface area contributed by atoms with Gasteiger partial charge in [-0.05, 0) is 42.2 Å². The highest BCUT2D eigenvalue weighted by atomic mass is 15.5. The lowest BCUT2D eigenvalue weighted by Crippen LogP contribution is -2.39. The lowest BCUT2D eigenvalue weighted by molar-refractivity contribution is 0.207. The molecule has 6 heteroatoms. The van der Waals surface area contributed by atoms with Crippen LogP contribution in [-0.4, -0.2) is 50.8 Å². The third-order valence-electron chi connectivity index (χ3n) is 3.96. The zero-order chi connectivity index (χ0) is 15.1. The van der Waals surface area contributed by atoms with Crippen molar-refractivity contribution >= 4 is 0 Å². The van der Waals surface area contributed by atoms with Crippen molar-refractivity contribution in [1.82, 2.24) is 30.4 Å². The van der Waals surface area contributed by atoms with E-state index >= 15 is 0 Å². The number of nitrogens with one attached hydrogen (secondary N) is 1. The Morgan fingerprint density at radius 3 is 2.95 bits per heavy atom. The number of nitrogens with zero attached hydrogens (tertiary/aromatic N) is 5. The molecule has 1 atom stereocenters. The molecule has 0 amide bonds. The molecule has 2 rings (SSSR count). The minimum Gasteiger partial charge on any atom is -0.313 e. The van der Waals surface area contributed by atoms with Gasteiger partial charge in [-0.3, -0.25) is 4.90 Å². The first-order valence-electron chi connectivity index (χ1n) is 8.39. The summed E-state index contributed by atoms with van der Waals surface area (Å²) in [5.41, 5.74) is 0. The van der Waals surface area contributed by atoms with Crippen LogP contribution >= 0.6 is 0 Å². The number of unbranched alkanes of at least 4 members (excludes halogenated alkanes) is 1. The zero-order valence-corrected chi connectivity index (χ0v) is 13.8. The van der Waals surface area contributed by atoms with Gasteiger partial charge in [-0.15, -0.1) is 5.10 Å². The summed E-state index contributed by atoms with van der Waals surface area (Å²) in [4.78, 5) is 2.50. The predicted molar refractivity (Wildman–Crippen MR) is 83.9 cm³/mol. The largest absolute Gasteiger partial charge is 0.313 e. The molecule has 1 aliphatic rings. The lowest BCUT2D eigenvalue weighted by Gasteiger charge is -2.26. The minimum absolute atomic E-state index is 0.628. The van der Waals surface area contributed by atoms with Gasteiger partial charge in [0, 0.05) is 25.7 Å². The molecule has 0 aromatic carbocycles. The van der Waals surface area contributed by atoms with E-state index < -0.39 is 0 Å². The Labute approximate surface area is 128 Å². The highest BCUT2D eigenvalue weighted by Gasteiger charge is 2.20. The molecule has 1 aliphatic heterocycles. The molecule has 0 radical (unpaired) electrons. The van der Waals surface area contributed by atoms with Gasteiger partial charge < -0.3 is 5.32 Å². The van der Waals surface area contributed by atoms with Crippen molar-refractivity contribution < 1.29 is 0 Å². The van der Waals surface area contributed by atoms with E-state index in [1.165, 1.54) is 19.3 Å². The van der Waals surface area contributed by atoms with E-state index in [2.05, 4.69) is 46.5 Å². The maximum Gasteiger partial charge on any atom is 0.165 e. The van der Waals surface area contributed by atoms with Crippen molar-refractivity contribution in [2.75, 3.05) is 19.6 Å². The van der Waals surface area contributed by atoms with Gasteiger partial charge in [-0.2, -0.15) is 0 Å². The molecule has 1 saturated heterocycles. The van der Waals surface area contributed by atoms with Crippen LogP contribution in [0.5, 0.6) is 0 Å². The second kappa shape index (κ2) is 8.44. The summed E-state index contributed by atoms with van der Waals surface area (Å²) in [6.45, 7) is 11.9. The Hall–Kier alpha value is -1.01. The summed E-state index contributed by atoms with van der Waals surface area (Å²) in [6.07, 6.45) is 4.89. The first-order chi connectivity index (χ1) is 10.2. The highest BCUT2D eigenvalue weighted by molar-refractivity contribution is 4.85. The van der Waals surface area contributed by atoms with Gasteiger partial charge in [-0.25, -0.2) is 4.68 Å². The summed E-state index contributed by atoms with van der Waals surface area (Å²) >= 11 is 0. The Morgan fingerprint density at radius 1 is 1.43 bits per heavy atom. The first kappa shape index (κ1) is 16.4. The number of tetrazole rings is 1. The molecule has 0 aliphatic carbocycles. The lowest BCUT2D eigenvalue weighted by atomic mass is 10.1. The second-order valence-electron chi connectivity index (χ2n) is 6.55. The van der Waals surface area contributed by atoms with E-state index in [-0.39, 0.29) is 0 Å². The standard InChI is InChI=1S/C15H30N6/c1-4-5-9-21-15(17-18-19-21)12-20(10-13(2)3)11-14-7-6-8-16-14/h13-14,16H,4-12H2,1-3H3. The Morgan fingerprint density at radius 2 is 2.29 bits per heavy atom. The van der Waals surface area contributed by atoms with Crippen LogP contribution in [-0.2, 0) is 13.1 Å². The number of rotatable bonds is 9. The molecule has 2 heterocycles. The molecule has 1 aromatic rings. The van der Waals surface area contributed by atoms with E-state index in [0.717, 1.165) is 45.0 Å². The molecule has 1 N–H and O–H groups in total. The molecule has 0 spiro atoms. The normalized spacial score (nSPS) is 19.0. The molecule has 120 valence electrons. The van der Waals surface area contributed by atoms with Gasteiger partial charge in [0.05, 0.1) is 6.54 Å². The number of hydrogen-bond donors (Lipinski definition) is 1. The topological polar surface area (TPSA) is 58.9 Å². The van der Waals surface area contributed by atoms with Crippen LogP contribution in [0.25, 0.3) is 0 Å². The van der Waals surface area contributed by atoms with Crippen molar-refractivity contribution in [3.63, 3.8) is 0 Å². The average Bonchev–Trinajstić information content (AvgIpc) is 3.07. The van der Waals surface area contributed by atoms with E-state index in [1.54, 1.807) is 0 Å². The molecule has 1 fully saturated rings. The summed E-state index contributed by atoms with van der Waals surface area (Å²) in [5.74, 6) is 1.66. The van der Waals surface area contributed by atoms with E-state index in [1.807, 2.05) is 4.68 Å². The van der Waals surface area contributed by atoms with Gasteiger partial charge in [-0.1, -0.05) is 27.2 Å². The summed E-state index contributed by atoms with van der Waals surface area (Å²) in [6, 6.07) is 0.628. The molecule has 6 nitrogen and oxygen atoms in total. The molecule has 21 heavy (non-hydrogen) atoms. The van der Waals surface area contributed by atoms with Crippen molar-refractivity contribution in [2.24, 2.45) is 5.92 Å². The van der Waals surface area contributed by atoms with Crippen LogP contribution in [0.1, 0.15) is 52.3 Å². The van der Waals surface area contributed by atoms with Crippen LogP contribution in [0.15, 0.2) is 0 Å². The number of aryl methyl sites for hydroxylation is 1. The van der Waals surface area contributed by atoms with Crippen LogP contribution < -0.4 is 5.32 Å². The smallest absolute Gasteiger partial charge is 0.165 e. The highest BCUT2D eigenvalue weighted by Crippen LogP contribution is 2.11. The van der Waals surface area contributed by atoms with Gasteiger partial charge >= 0.3 is 0 Å². The fraction of sp³-hybridized carbons (Fsp3) is 0.933. The Kier molecular flexibility index (Phi) is 6.57. The average molecular weight is 294 g/mol. The minimum atomic E-state index is 0.628. The second-order valence-corrected chi connectivity index (χ2v) is 6.55. The van der Waals surface area contributed by atoms with E-state index in [0.29, 0.717) is 12.0 Å². The third kappa shape index (κ3) is 5.36. The van der Waals surface area contributed by atoms with Gasteiger partial charge in [0.15, 0.2) is 5.82 Å². The van der Waals surface area contributed by atoms with E-state index in [4.69, 9.17) is 0 Å². The molecule has 1 unspecified atom stereocenters. The number of hydrogen-bond acceptors (Lipinski definition) is 5. The van der Waals surface area contributed by atoms with Gasteiger partial charge in [0.25, 0.3) is 0 Å². The zero-order valence-electron chi connectivity index (χ0n) is 13.8. The third-order valence-corrected chi connectivity index (χ3v) is 3.96. The summed E-state index contributed by atoms with van der Waals surface area (Å²) < 4.78 is 1.97. The SMILES string of the molecule is CCCCn1nnnc1CN(CC(C)C)CC1CCCN1. The van der Waals surface area contributed by atoms with Crippen LogP contribution in [0.4, 0.5) is 0 Å². The molecule has 0 saturated carbocycles. The number of aromatic nitrogens is 4. The van der Waals surface area contributed by atoms with Crippen LogP contribution in [0.3, 0.4) is 0 Å². The fourth-order valence-electron chi connectivity index (χ4n) is 2.96. The van der Waals surface area contributed by atoms with Crippen LogP contribution in [0, 0.1) is 5.92 Å². The van der Waals surface area contributed by atoms with Crippen molar-refractivity contribution in [2.45, 2.75) is 65.6 Å². The maximum absolute atomic E-state index is 4.23. The molecular weight excluding hydrogens is 264 g/mol. The van der Waals surface area contributed by atoms with Crippen molar-refractivity contribution in [3.8, 4) is 0 Å². The molecule has 0 bridgehead atoms. The quantitative estimate of drug-likeness (QED) is 0.751. The van der Waals surface area contributed by atoms with E-state index in [9.17, 15) is 0 Å². The summed E-state index contributed by atoms with van der Waals surface area (Å²) in [5, 5.41) is 15.8. The van der Waals surface area contributed by atoms with Gasteiger partial charge in [0.1, 0.15) is 0 Å². The fourth-order valence-corrected chi connectivity index (χ4v) is 2.96. The molecule has 1 aromatic heterocycles. The Balaban J connectivity index is 1.94. The molecular formula is C15H30N6. The predicted octanol–water partition coefficient (Wildman–Crippen LogP) is 1.68. The monoisotopic (exact) mass is 294 g/mol. The maximum atomic E-state index is 4.23. The van der Waals surface area contributed by atoms with Crippen molar-refractivity contribution in [1.29, 1.82) is 0 Å². The van der Waals surface area contributed by atoms with Gasteiger partial charge in [0.2, 0.25) is 0 Å².